The highest BCUT2D eigenvalue weighted by Crippen LogP contribution is 2.36. The van der Waals surface area contributed by atoms with Crippen LogP contribution in [0.15, 0.2) is 18.6 Å². The van der Waals surface area contributed by atoms with Crippen LogP contribution in [-0.2, 0) is 22.6 Å². The molecule has 3 heterocycles. The van der Waals surface area contributed by atoms with Gasteiger partial charge in [-0.3, -0.25) is 14.3 Å². The second-order valence-electron chi connectivity index (χ2n) is 9.04. The fourth-order valence-electron chi connectivity index (χ4n) is 4.51. The largest absolute Gasteiger partial charge is 0.354 e. The van der Waals surface area contributed by atoms with Crippen molar-refractivity contribution < 1.29 is 9.59 Å². The van der Waals surface area contributed by atoms with Gasteiger partial charge in [0, 0.05) is 42.8 Å². The molecular formula is C21H28N6O2. The minimum absolute atomic E-state index is 0.0478. The maximum Gasteiger partial charge on any atom is 0.228 e. The number of carbonyl (C=O) groups is 2. The summed E-state index contributed by atoms with van der Waals surface area (Å²) in [5, 5.41) is 10.4. The fourth-order valence-corrected chi connectivity index (χ4v) is 4.51. The molecule has 8 heteroatoms. The van der Waals surface area contributed by atoms with Crippen molar-refractivity contribution in [3.05, 3.63) is 24.3 Å². The van der Waals surface area contributed by atoms with Gasteiger partial charge in [0.05, 0.1) is 11.9 Å². The van der Waals surface area contributed by atoms with Gasteiger partial charge in [-0.25, -0.2) is 9.97 Å². The van der Waals surface area contributed by atoms with E-state index in [0.29, 0.717) is 12.2 Å². The second-order valence-corrected chi connectivity index (χ2v) is 9.04. The number of amides is 2. The molecule has 0 saturated heterocycles. The molecule has 2 atom stereocenters. The molecule has 8 nitrogen and oxygen atoms in total. The summed E-state index contributed by atoms with van der Waals surface area (Å²) in [7, 11) is 0. The van der Waals surface area contributed by atoms with Crippen molar-refractivity contribution in [1.82, 2.24) is 25.1 Å². The van der Waals surface area contributed by atoms with E-state index >= 15 is 0 Å². The summed E-state index contributed by atoms with van der Waals surface area (Å²) in [6.45, 7) is 6.87. The molecule has 1 saturated carbocycles. The van der Waals surface area contributed by atoms with Crippen molar-refractivity contribution in [3.8, 4) is 11.3 Å². The van der Waals surface area contributed by atoms with Gasteiger partial charge in [0.2, 0.25) is 11.8 Å². The van der Waals surface area contributed by atoms with Crippen LogP contribution in [0.5, 0.6) is 0 Å². The Kier molecular flexibility index (Phi) is 5.10. The average Bonchev–Trinajstić information content (AvgIpc) is 3.16. The lowest BCUT2D eigenvalue weighted by atomic mass is 9.85. The first kappa shape index (κ1) is 19.5. The number of rotatable bonds is 4. The molecule has 0 radical (unpaired) electrons. The van der Waals surface area contributed by atoms with E-state index in [4.69, 9.17) is 0 Å². The Hall–Kier alpha value is -2.77. The summed E-state index contributed by atoms with van der Waals surface area (Å²) >= 11 is 0. The molecule has 1 unspecified atom stereocenters. The van der Waals surface area contributed by atoms with Crippen LogP contribution < -0.4 is 10.6 Å². The first-order chi connectivity index (χ1) is 13.8. The zero-order valence-corrected chi connectivity index (χ0v) is 17.2. The topological polar surface area (TPSA) is 102 Å². The van der Waals surface area contributed by atoms with E-state index in [0.717, 1.165) is 43.5 Å². The number of nitrogens with one attached hydrogen (secondary N) is 2. The first-order valence-electron chi connectivity index (χ1n) is 10.3. The van der Waals surface area contributed by atoms with Crippen molar-refractivity contribution in [2.75, 3.05) is 5.32 Å². The number of aromatic nitrogens is 4. The number of hydrogen-bond donors (Lipinski definition) is 2. The summed E-state index contributed by atoms with van der Waals surface area (Å²) in [4.78, 5) is 32.7. The Labute approximate surface area is 170 Å². The van der Waals surface area contributed by atoms with Gasteiger partial charge in [0.15, 0.2) is 0 Å². The number of hydrogen-bond acceptors (Lipinski definition) is 5. The van der Waals surface area contributed by atoms with Gasteiger partial charge in [-0.15, -0.1) is 0 Å². The van der Waals surface area contributed by atoms with E-state index in [1.165, 1.54) is 18.9 Å². The summed E-state index contributed by atoms with van der Waals surface area (Å²) < 4.78 is 2.04. The maximum atomic E-state index is 12.8. The Balaban J connectivity index is 1.46. The highest BCUT2D eigenvalue weighted by Gasteiger charge is 2.32. The summed E-state index contributed by atoms with van der Waals surface area (Å²) in [5.41, 5.74) is 3.13. The van der Waals surface area contributed by atoms with Crippen molar-refractivity contribution >= 4 is 17.6 Å². The minimum Gasteiger partial charge on any atom is -0.354 e. The molecule has 29 heavy (non-hydrogen) atoms. The van der Waals surface area contributed by atoms with Gasteiger partial charge in [-0.1, -0.05) is 20.3 Å². The maximum absolute atomic E-state index is 12.8. The molecule has 1 fully saturated rings. The van der Waals surface area contributed by atoms with Gasteiger partial charge in [-0.05, 0) is 31.1 Å². The van der Waals surface area contributed by atoms with Crippen molar-refractivity contribution in [2.24, 2.45) is 11.3 Å². The predicted octanol–water partition coefficient (Wildman–Crippen LogP) is 2.56. The number of anilines is 1. The molecular weight excluding hydrogens is 368 g/mol. The first-order valence-corrected chi connectivity index (χ1v) is 10.3. The van der Waals surface area contributed by atoms with E-state index in [9.17, 15) is 9.59 Å². The third-order valence-electron chi connectivity index (χ3n) is 5.82. The Bertz CT molecular complexity index is 935. The molecule has 2 aromatic rings. The lowest BCUT2D eigenvalue weighted by molar-refractivity contribution is -0.123. The molecule has 2 aliphatic rings. The van der Waals surface area contributed by atoms with Gasteiger partial charge in [0.25, 0.3) is 0 Å². The summed E-state index contributed by atoms with van der Waals surface area (Å²) in [6.07, 6.45) is 7.61. The molecule has 0 bridgehead atoms. The predicted molar refractivity (Wildman–Crippen MR) is 109 cm³/mol. The van der Waals surface area contributed by atoms with Crippen LogP contribution in [0, 0.1) is 11.3 Å². The SMILES string of the molecule is CC(=O)NC1CCC[C@@H](C(=O)Nc2cc(-c3cnn4c3CC(C)(C)C4)ncn2)C1. The second kappa shape index (κ2) is 7.57. The molecule has 0 aromatic carbocycles. The van der Waals surface area contributed by atoms with Gasteiger partial charge in [0.1, 0.15) is 12.1 Å². The smallest absolute Gasteiger partial charge is 0.228 e. The average molecular weight is 396 g/mol. The Morgan fingerprint density at radius 2 is 2.07 bits per heavy atom. The zero-order valence-electron chi connectivity index (χ0n) is 17.2. The van der Waals surface area contributed by atoms with Crippen molar-refractivity contribution in [1.29, 1.82) is 0 Å². The zero-order chi connectivity index (χ0) is 20.6. The van der Waals surface area contributed by atoms with Gasteiger partial charge >= 0.3 is 0 Å². The van der Waals surface area contributed by atoms with Crippen LogP contribution in [0.25, 0.3) is 11.3 Å². The normalized spacial score (nSPS) is 22.7. The van der Waals surface area contributed by atoms with Crippen molar-refractivity contribution in [3.63, 3.8) is 0 Å². The van der Waals surface area contributed by atoms with E-state index < -0.39 is 0 Å². The molecule has 0 spiro atoms. The summed E-state index contributed by atoms with van der Waals surface area (Å²) in [6, 6.07) is 1.88. The fraction of sp³-hybridized carbons (Fsp3) is 0.571. The molecule has 2 amide bonds. The minimum atomic E-state index is -0.125. The van der Waals surface area contributed by atoms with Crippen LogP contribution >= 0.6 is 0 Å². The molecule has 1 aliphatic carbocycles. The summed E-state index contributed by atoms with van der Waals surface area (Å²) in [5.74, 6) is 0.276. The van der Waals surface area contributed by atoms with Crippen molar-refractivity contribution in [2.45, 2.75) is 65.5 Å². The quantitative estimate of drug-likeness (QED) is 0.827. The van der Waals surface area contributed by atoms with Crippen LogP contribution in [0.3, 0.4) is 0 Å². The lowest BCUT2D eigenvalue weighted by Crippen LogP contribution is -2.40. The third-order valence-corrected chi connectivity index (χ3v) is 5.82. The van der Waals surface area contributed by atoms with E-state index in [-0.39, 0.29) is 29.2 Å². The van der Waals surface area contributed by atoms with Crippen LogP contribution in [0.1, 0.15) is 52.1 Å². The van der Waals surface area contributed by atoms with Gasteiger partial charge in [-0.2, -0.15) is 5.10 Å². The van der Waals surface area contributed by atoms with Crippen LogP contribution in [-0.4, -0.2) is 37.6 Å². The van der Waals surface area contributed by atoms with E-state index in [1.807, 2.05) is 16.9 Å². The molecule has 154 valence electrons. The number of carbonyl (C=O) groups excluding carboxylic acids is 2. The lowest BCUT2D eigenvalue weighted by Gasteiger charge is -2.28. The highest BCUT2D eigenvalue weighted by atomic mass is 16.2. The van der Waals surface area contributed by atoms with Crippen LogP contribution in [0.2, 0.25) is 0 Å². The standard InChI is InChI=1S/C21H28N6O2/c1-13(28)25-15-6-4-5-14(7-15)20(29)26-19-8-17(22-12-23-19)16-10-24-27-11-21(2,3)9-18(16)27/h8,10,12,14-15H,4-7,9,11H2,1-3H3,(H,25,28)(H,22,23,26,29)/t14-,15?/m1/s1. The highest BCUT2D eigenvalue weighted by molar-refractivity contribution is 5.92. The molecule has 4 rings (SSSR count). The Morgan fingerprint density at radius 3 is 2.86 bits per heavy atom. The monoisotopic (exact) mass is 396 g/mol. The van der Waals surface area contributed by atoms with E-state index in [1.54, 1.807) is 0 Å². The molecule has 2 aromatic heterocycles. The number of nitrogens with zero attached hydrogens (tertiary/aromatic N) is 4. The molecule has 2 N–H and O–H groups in total. The Morgan fingerprint density at radius 1 is 1.24 bits per heavy atom. The van der Waals surface area contributed by atoms with Gasteiger partial charge < -0.3 is 10.6 Å². The van der Waals surface area contributed by atoms with Crippen LogP contribution in [0.4, 0.5) is 5.82 Å². The third kappa shape index (κ3) is 4.31. The number of fused-ring (bicyclic) bond motifs is 1. The van der Waals surface area contributed by atoms with E-state index in [2.05, 4.69) is 39.5 Å². The molecule has 1 aliphatic heterocycles.